The van der Waals surface area contributed by atoms with Crippen molar-refractivity contribution in [2.24, 2.45) is 16.7 Å². The highest BCUT2D eigenvalue weighted by molar-refractivity contribution is 5.62. The maximum atomic E-state index is 11.9. The molecule has 2 rings (SSSR count). The Morgan fingerprint density at radius 2 is 1.89 bits per heavy atom. The molecule has 0 spiro atoms. The molecule has 0 heterocycles. The molecule has 0 aliphatic heterocycles. The van der Waals surface area contributed by atoms with Crippen LogP contribution < -0.4 is 0 Å². The number of hydrogen-bond acceptors (Lipinski definition) is 1. The third-order valence-corrected chi connectivity index (χ3v) is 5.76. The predicted octanol–water partition coefficient (Wildman–Crippen LogP) is 4.68. The second-order valence-electron chi connectivity index (χ2n) is 6.99. The first kappa shape index (κ1) is 13.6. The van der Waals surface area contributed by atoms with E-state index in [0.29, 0.717) is 5.92 Å². The van der Waals surface area contributed by atoms with Crippen molar-refractivity contribution in [3.05, 3.63) is 22.8 Å². The van der Waals surface area contributed by atoms with Crippen LogP contribution in [0.15, 0.2) is 22.8 Å². The summed E-state index contributed by atoms with van der Waals surface area (Å²) in [6.07, 6.45) is 7.80. The minimum absolute atomic E-state index is 0.124. The van der Waals surface area contributed by atoms with Crippen molar-refractivity contribution in [2.45, 2.75) is 60.3 Å². The Hall–Kier alpha value is -0.850. The van der Waals surface area contributed by atoms with Crippen LogP contribution in [0, 0.1) is 16.7 Å². The minimum Gasteiger partial charge on any atom is -0.303 e. The van der Waals surface area contributed by atoms with E-state index in [2.05, 4.69) is 40.7 Å². The van der Waals surface area contributed by atoms with Gasteiger partial charge < -0.3 is 4.79 Å². The van der Waals surface area contributed by atoms with Crippen LogP contribution in [0.4, 0.5) is 0 Å². The topological polar surface area (TPSA) is 17.1 Å². The van der Waals surface area contributed by atoms with Gasteiger partial charge in [-0.15, -0.1) is 0 Å². The number of allylic oxidation sites excluding steroid dienone is 4. The Bertz CT molecular complexity index is 425. The molecule has 0 aromatic heterocycles. The van der Waals surface area contributed by atoms with Crippen molar-refractivity contribution in [2.75, 3.05) is 0 Å². The molecule has 2 atom stereocenters. The fourth-order valence-electron chi connectivity index (χ4n) is 3.93. The molecule has 1 nitrogen and oxygen atoms in total. The first-order chi connectivity index (χ1) is 8.33. The molecule has 2 aliphatic carbocycles. The molecule has 0 radical (unpaired) electrons. The highest BCUT2D eigenvalue weighted by Gasteiger charge is 2.49. The zero-order valence-corrected chi connectivity index (χ0v) is 12.5. The van der Waals surface area contributed by atoms with E-state index in [9.17, 15) is 4.79 Å². The Balaban J connectivity index is 2.34. The highest BCUT2D eigenvalue weighted by Crippen LogP contribution is 2.56. The lowest BCUT2D eigenvalue weighted by Crippen LogP contribution is -2.41. The van der Waals surface area contributed by atoms with E-state index in [4.69, 9.17) is 0 Å². The molecule has 0 saturated carbocycles. The van der Waals surface area contributed by atoms with Gasteiger partial charge in [0.25, 0.3) is 0 Å². The quantitative estimate of drug-likeness (QED) is 0.510. The Morgan fingerprint density at radius 3 is 2.33 bits per heavy atom. The second kappa shape index (κ2) is 4.36. The van der Waals surface area contributed by atoms with Gasteiger partial charge in [0.05, 0.1) is 0 Å². The third-order valence-electron chi connectivity index (χ3n) is 5.76. The summed E-state index contributed by atoms with van der Waals surface area (Å²) >= 11 is 0. The SMILES string of the molecule is CC1=CCC(C2(C=O)CCC(C)=C(C)C2)C1(C)C. The van der Waals surface area contributed by atoms with Crippen LogP contribution in [0.1, 0.15) is 60.3 Å². The summed E-state index contributed by atoms with van der Waals surface area (Å²) in [4.78, 5) is 11.9. The van der Waals surface area contributed by atoms with Crippen molar-refractivity contribution < 1.29 is 4.79 Å². The van der Waals surface area contributed by atoms with Crippen molar-refractivity contribution >= 4 is 6.29 Å². The fourth-order valence-corrected chi connectivity index (χ4v) is 3.93. The molecule has 2 aliphatic rings. The Morgan fingerprint density at radius 1 is 1.22 bits per heavy atom. The molecule has 0 bridgehead atoms. The number of rotatable bonds is 2. The van der Waals surface area contributed by atoms with Gasteiger partial charge in [0, 0.05) is 5.41 Å². The normalized spacial score (nSPS) is 35.6. The van der Waals surface area contributed by atoms with Crippen LogP contribution in [-0.2, 0) is 4.79 Å². The number of carbonyl (C=O) groups excluding carboxylic acids is 1. The molecule has 0 N–H and O–H groups in total. The van der Waals surface area contributed by atoms with Gasteiger partial charge in [-0.1, -0.05) is 36.6 Å². The largest absolute Gasteiger partial charge is 0.303 e. The van der Waals surface area contributed by atoms with Gasteiger partial charge in [-0.3, -0.25) is 0 Å². The van der Waals surface area contributed by atoms with E-state index in [-0.39, 0.29) is 10.8 Å². The second-order valence-corrected chi connectivity index (χ2v) is 6.99. The predicted molar refractivity (Wildman–Crippen MR) is 76.4 cm³/mol. The summed E-state index contributed by atoms with van der Waals surface area (Å²) in [7, 11) is 0. The van der Waals surface area contributed by atoms with Crippen molar-refractivity contribution in [3.63, 3.8) is 0 Å². The Labute approximate surface area is 111 Å². The molecule has 0 amide bonds. The molecule has 0 aromatic carbocycles. The lowest BCUT2D eigenvalue weighted by atomic mass is 9.58. The van der Waals surface area contributed by atoms with Crippen LogP contribution >= 0.6 is 0 Å². The van der Waals surface area contributed by atoms with Crippen LogP contribution in [0.3, 0.4) is 0 Å². The van der Waals surface area contributed by atoms with Crippen LogP contribution in [-0.4, -0.2) is 6.29 Å². The summed E-state index contributed by atoms with van der Waals surface area (Å²) in [5.74, 6) is 0.477. The van der Waals surface area contributed by atoms with Gasteiger partial charge in [-0.2, -0.15) is 0 Å². The maximum absolute atomic E-state index is 11.9. The average molecular weight is 246 g/mol. The summed E-state index contributed by atoms with van der Waals surface area (Å²) in [6.45, 7) is 11.3. The first-order valence-electron chi connectivity index (χ1n) is 7.12. The molecule has 0 saturated heterocycles. The zero-order chi connectivity index (χ0) is 13.6. The van der Waals surface area contributed by atoms with Gasteiger partial charge in [-0.05, 0) is 57.8 Å². The number of carbonyl (C=O) groups is 1. The lowest BCUT2D eigenvalue weighted by Gasteiger charge is -2.45. The summed E-state index contributed by atoms with van der Waals surface area (Å²) < 4.78 is 0. The van der Waals surface area contributed by atoms with Gasteiger partial charge in [0.1, 0.15) is 6.29 Å². The molecule has 0 fully saturated rings. The summed E-state index contributed by atoms with van der Waals surface area (Å²) in [5.41, 5.74) is 4.44. The molecule has 0 aromatic rings. The van der Waals surface area contributed by atoms with Gasteiger partial charge >= 0.3 is 0 Å². The van der Waals surface area contributed by atoms with Gasteiger partial charge in [0.2, 0.25) is 0 Å². The molecule has 1 heteroatoms. The van der Waals surface area contributed by atoms with Crippen molar-refractivity contribution in [1.29, 1.82) is 0 Å². The van der Waals surface area contributed by atoms with Crippen molar-refractivity contribution in [3.8, 4) is 0 Å². The van der Waals surface area contributed by atoms with Gasteiger partial charge in [0.15, 0.2) is 0 Å². The monoisotopic (exact) mass is 246 g/mol. The van der Waals surface area contributed by atoms with E-state index in [1.807, 2.05) is 0 Å². The van der Waals surface area contributed by atoms with E-state index in [0.717, 1.165) is 25.7 Å². The molecule has 100 valence electrons. The van der Waals surface area contributed by atoms with Gasteiger partial charge in [-0.25, -0.2) is 0 Å². The molecule has 2 unspecified atom stereocenters. The average Bonchev–Trinajstić information content (AvgIpc) is 2.59. The number of hydrogen-bond donors (Lipinski definition) is 0. The van der Waals surface area contributed by atoms with E-state index in [1.165, 1.54) is 23.0 Å². The summed E-state index contributed by atoms with van der Waals surface area (Å²) in [5, 5.41) is 0. The van der Waals surface area contributed by atoms with Crippen LogP contribution in [0.2, 0.25) is 0 Å². The van der Waals surface area contributed by atoms with Crippen LogP contribution in [0.25, 0.3) is 0 Å². The van der Waals surface area contributed by atoms with E-state index < -0.39 is 0 Å². The Kier molecular flexibility index (Phi) is 3.29. The minimum atomic E-state index is -0.124. The molecular weight excluding hydrogens is 220 g/mol. The van der Waals surface area contributed by atoms with Crippen molar-refractivity contribution in [1.82, 2.24) is 0 Å². The smallest absolute Gasteiger partial charge is 0.126 e. The van der Waals surface area contributed by atoms with Crippen LogP contribution in [0.5, 0.6) is 0 Å². The van der Waals surface area contributed by atoms with E-state index >= 15 is 0 Å². The number of aldehydes is 1. The first-order valence-corrected chi connectivity index (χ1v) is 7.12. The molecular formula is C17H26O. The zero-order valence-electron chi connectivity index (χ0n) is 12.5. The lowest BCUT2D eigenvalue weighted by molar-refractivity contribution is -0.122. The van der Waals surface area contributed by atoms with E-state index in [1.54, 1.807) is 0 Å². The maximum Gasteiger partial charge on any atom is 0.126 e. The highest BCUT2D eigenvalue weighted by atomic mass is 16.1. The third kappa shape index (κ3) is 1.88. The summed E-state index contributed by atoms with van der Waals surface area (Å²) in [6, 6.07) is 0. The fraction of sp³-hybridized carbons (Fsp3) is 0.706. The standard InChI is InChI=1S/C17H26O/c1-12-8-9-17(11-18,10-13(12)2)15-7-6-14(3)16(15,4)5/h6,11,15H,7-10H2,1-5H3. The molecule has 18 heavy (non-hydrogen) atoms.